The SMILES string of the molecule is CS(=O)(=O)N1CCC(Nc2cc3c(cn2)cc(C#N)c(=O)n3C2CCCC2)CC1. The zero-order chi connectivity index (χ0) is 20.6. The van der Waals surface area contributed by atoms with Gasteiger partial charge in [-0.05, 0) is 31.7 Å². The summed E-state index contributed by atoms with van der Waals surface area (Å²) in [6.07, 6.45) is 8.41. The Morgan fingerprint density at radius 3 is 2.48 bits per heavy atom. The number of fused-ring (bicyclic) bond motifs is 1. The van der Waals surface area contributed by atoms with Crippen LogP contribution in [0.4, 0.5) is 5.82 Å². The van der Waals surface area contributed by atoms with E-state index in [4.69, 9.17) is 0 Å². The minimum absolute atomic E-state index is 0.117. The normalized spacial score (nSPS) is 19.4. The quantitative estimate of drug-likeness (QED) is 0.820. The smallest absolute Gasteiger partial charge is 0.269 e. The lowest BCUT2D eigenvalue weighted by Gasteiger charge is -2.31. The lowest BCUT2D eigenvalue weighted by molar-refractivity contribution is 0.331. The molecule has 0 bridgehead atoms. The molecule has 0 atom stereocenters. The first kappa shape index (κ1) is 19.9. The molecule has 3 heterocycles. The lowest BCUT2D eigenvalue weighted by atomic mass is 10.1. The van der Waals surface area contributed by atoms with Crippen molar-refractivity contribution in [3.05, 3.63) is 34.2 Å². The van der Waals surface area contributed by atoms with Crippen molar-refractivity contribution >= 4 is 26.7 Å². The number of piperidine rings is 1. The van der Waals surface area contributed by atoms with E-state index in [1.165, 1.54) is 10.6 Å². The van der Waals surface area contributed by atoms with Gasteiger partial charge in [-0.25, -0.2) is 17.7 Å². The summed E-state index contributed by atoms with van der Waals surface area (Å²) in [5, 5.41) is 13.5. The fourth-order valence-corrected chi connectivity index (χ4v) is 5.33. The standard InChI is InChI=1S/C20H25N5O3S/c1-29(27,28)24-8-6-16(7-9-24)23-19-11-18-15(13-22-19)10-14(12-21)20(26)25(18)17-4-2-3-5-17/h10-11,13,16-17H,2-9H2,1H3,(H,22,23). The van der Waals surface area contributed by atoms with Crippen LogP contribution in [-0.2, 0) is 10.0 Å². The second kappa shape index (κ2) is 7.76. The monoisotopic (exact) mass is 415 g/mol. The molecular formula is C20H25N5O3S. The average Bonchev–Trinajstić information content (AvgIpc) is 3.21. The van der Waals surface area contributed by atoms with Crippen molar-refractivity contribution in [3.8, 4) is 6.07 Å². The van der Waals surface area contributed by atoms with Gasteiger partial charge in [0, 0.05) is 42.8 Å². The third kappa shape index (κ3) is 4.00. The van der Waals surface area contributed by atoms with Gasteiger partial charge in [-0.1, -0.05) is 12.8 Å². The van der Waals surface area contributed by atoms with Crippen molar-refractivity contribution < 1.29 is 8.42 Å². The van der Waals surface area contributed by atoms with E-state index in [2.05, 4.69) is 10.3 Å². The van der Waals surface area contributed by atoms with Gasteiger partial charge in [-0.2, -0.15) is 5.26 Å². The Hall–Kier alpha value is -2.44. The molecule has 154 valence electrons. The topological polar surface area (TPSA) is 108 Å². The molecule has 0 amide bonds. The van der Waals surface area contributed by atoms with Crippen molar-refractivity contribution in [2.24, 2.45) is 0 Å². The molecule has 1 saturated heterocycles. The summed E-state index contributed by atoms with van der Waals surface area (Å²) >= 11 is 0. The first-order chi connectivity index (χ1) is 13.9. The van der Waals surface area contributed by atoms with E-state index >= 15 is 0 Å². The Morgan fingerprint density at radius 1 is 1.17 bits per heavy atom. The van der Waals surface area contributed by atoms with Gasteiger partial charge in [0.05, 0.1) is 11.8 Å². The number of anilines is 1. The van der Waals surface area contributed by atoms with Gasteiger partial charge in [0.25, 0.3) is 5.56 Å². The maximum atomic E-state index is 12.9. The lowest BCUT2D eigenvalue weighted by Crippen LogP contribution is -2.41. The molecule has 8 nitrogen and oxygen atoms in total. The van der Waals surface area contributed by atoms with Gasteiger partial charge in [0.15, 0.2) is 0 Å². The van der Waals surface area contributed by atoms with Gasteiger partial charge in [-0.3, -0.25) is 4.79 Å². The number of hydrogen-bond acceptors (Lipinski definition) is 6. The molecule has 1 N–H and O–H groups in total. The van der Waals surface area contributed by atoms with E-state index in [9.17, 15) is 18.5 Å². The number of rotatable bonds is 4. The number of nitrogens with one attached hydrogen (secondary N) is 1. The van der Waals surface area contributed by atoms with E-state index in [-0.39, 0.29) is 23.2 Å². The predicted octanol–water partition coefficient (Wildman–Crippen LogP) is 2.22. The number of sulfonamides is 1. The Labute approximate surface area is 170 Å². The van der Waals surface area contributed by atoms with Gasteiger partial charge >= 0.3 is 0 Å². The molecular weight excluding hydrogens is 390 g/mol. The van der Waals surface area contributed by atoms with Crippen molar-refractivity contribution in [3.63, 3.8) is 0 Å². The molecule has 2 aliphatic rings. The molecule has 1 saturated carbocycles. The highest BCUT2D eigenvalue weighted by Gasteiger charge is 2.26. The first-order valence-electron chi connectivity index (χ1n) is 10.0. The summed E-state index contributed by atoms with van der Waals surface area (Å²) in [7, 11) is -3.15. The largest absolute Gasteiger partial charge is 0.367 e. The molecule has 1 aliphatic heterocycles. The molecule has 4 rings (SSSR count). The van der Waals surface area contributed by atoms with E-state index in [1.54, 1.807) is 16.8 Å². The molecule has 0 radical (unpaired) electrons. The number of nitriles is 1. The van der Waals surface area contributed by atoms with Crippen LogP contribution in [-0.4, -0.2) is 47.7 Å². The highest BCUT2D eigenvalue weighted by molar-refractivity contribution is 7.88. The molecule has 2 aromatic rings. The fraction of sp³-hybridized carbons (Fsp3) is 0.550. The molecule has 29 heavy (non-hydrogen) atoms. The summed E-state index contributed by atoms with van der Waals surface area (Å²) in [6.45, 7) is 0.977. The Bertz CT molecular complexity index is 1120. The highest BCUT2D eigenvalue weighted by atomic mass is 32.2. The summed E-state index contributed by atoms with van der Waals surface area (Å²) in [5.41, 5.74) is 0.720. The molecule has 9 heteroatoms. The van der Waals surface area contributed by atoms with E-state index in [0.29, 0.717) is 31.7 Å². The third-order valence-electron chi connectivity index (χ3n) is 6.01. The number of hydrogen-bond donors (Lipinski definition) is 1. The second-order valence-corrected chi connectivity index (χ2v) is 9.97. The zero-order valence-corrected chi connectivity index (χ0v) is 17.3. The molecule has 0 aromatic carbocycles. The van der Waals surface area contributed by atoms with Crippen LogP contribution in [0.2, 0.25) is 0 Å². The minimum atomic E-state index is -3.15. The molecule has 2 aromatic heterocycles. The molecule has 1 aliphatic carbocycles. The molecule has 0 unspecified atom stereocenters. The van der Waals surface area contributed by atoms with Crippen molar-refractivity contribution in [1.29, 1.82) is 5.26 Å². The van der Waals surface area contributed by atoms with Crippen LogP contribution in [0.1, 0.15) is 50.1 Å². The van der Waals surface area contributed by atoms with Gasteiger partial charge in [0.2, 0.25) is 10.0 Å². The van der Waals surface area contributed by atoms with E-state index in [1.807, 2.05) is 12.1 Å². The Balaban J connectivity index is 1.63. The summed E-state index contributed by atoms with van der Waals surface area (Å²) < 4.78 is 26.6. The van der Waals surface area contributed by atoms with Gasteiger partial charge in [-0.15, -0.1) is 0 Å². The second-order valence-electron chi connectivity index (χ2n) is 7.99. The third-order valence-corrected chi connectivity index (χ3v) is 7.31. The summed E-state index contributed by atoms with van der Waals surface area (Å²) in [4.78, 5) is 17.3. The Morgan fingerprint density at radius 2 is 1.86 bits per heavy atom. The van der Waals surface area contributed by atoms with Crippen LogP contribution in [0.3, 0.4) is 0 Å². The minimum Gasteiger partial charge on any atom is -0.367 e. The van der Waals surface area contributed by atoms with Crippen molar-refractivity contribution in [2.45, 2.75) is 50.6 Å². The number of nitrogens with zero attached hydrogens (tertiary/aromatic N) is 4. The number of pyridine rings is 2. The van der Waals surface area contributed by atoms with Crippen LogP contribution >= 0.6 is 0 Å². The summed E-state index contributed by atoms with van der Waals surface area (Å²) in [5.74, 6) is 0.672. The van der Waals surface area contributed by atoms with Crippen molar-refractivity contribution in [2.75, 3.05) is 24.7 Å². The first-order valence-corrected chi connectivity index (χ1v) is 11.9. The van der Waals surface area contributed by atoms with Gasteiger partial charge in [0.1, 0.15) is 17.5 Å². The highest BCUT2D eigenvalue weighted by Crippen LogP contribution is 2.31. The van der Waals surface area contributed by atoms with Gasteiger partial charge < -0.3 is 9.88 Å². The fourth-order valence-electron chi connectivity index (χ4n) is 4.46. The van der Waals surface area contributed by atoms with Crippen molar-refractivity contribution in [1.82, 2.24) is 13.9 Å². The average molecular weight is 416 g/mol. The maximum absolute atomic E-state index is 12.9. The van der Waals surface area contributed by atoms with Crippen LogP contribution in [0.5, 0.6) is 0 Å². The van der Waals surface area contributed by atoms with Crippen LogP contribution in [0.25, 0.3) is 10.9 Å². The predicted molar refractivity (Wildman–Crippen MR) is 111 cm³/mol. The molecule has 0 spiro atoms. The zero-order valence-electron chi connectivity index (χ0n) is 16.5. The van der Waals surface area contributed by atoms with E-state index in [0.717, 1.165) is 36.6 Å². The van der Waals surface area contributed by atoms with Crippen LogP contribution < -0.4 is 10.9 Å². The molecule has 2 fully saturated rings. The Kier molecular flexibility index (Phi) is 5.32. The number of aromatic nitrogens is 2. The van der Waals surface area contributed by atoms with Crippen LogP contribution in [0, 0.1) is 11.3 Å². The van der Waals surface area contributed by atoms with E-state index < -0.39 is 10.0 Å². The maximum Gasteiger partial charge on any atom is 0.269 e. The summed E-state index contributed by atoms with van der Waals surface area (Å²) in [6, 6.07) is 5.77. The van der Waals surface area contributed by atoms with Crippen LogP contribution in [0.15, 0.2) is 23.1 Å².